The second-order valence-electron chi connectivity index (χ2n) is 8.66. The fourth-order valence-electron chi connectivity index (χ4n) is 6.22. The third-order valence-electron chi connectivity index (χ3n) is 7.65. The molecule has 120 valence electrons. The van der Waals surface area contributed by atoms with Crippen molar-refractivity contribution in [3.05, 3.63) is 0 Å². The Bertz CT molecular complexity index is 435. The fourth-order valence-corrected chi connectivity index (χ4v) is 6.22. The Balaban J connectivity index is 1.48. The summed E-state index contributed by atoms with van der Waals surface area (Å²) in [5.74, 6) is 2.53. The number of hydrogen-bond acceptors (Lipinski definition) is 2. The number of epoxide rings is 2. The summed E-state index contributed by atoms with van der Waals surface area (Å²) in [7, 11) is 0. The molecule has 0 spiro atoms. The second kappa shape index (κ2) is 4.47. The monoisotopic (exact) mass is 292 g/mol. The summed E-state index contributed by atoms with van der Waals surface area (Å²) in [6.07, 6.45) is 11.1. The molecule has 0 N–H and O–H groups in total. The van der Waals surface area contributed by atoms with Gasteiger partial charge in [0, 0.05) is 0 Å². The van der Waals surface area contributed by atoms with Gasteiger partial charge in [-0.2, -0.15) is 0 Å². The third kappa shape index (κ3) is 1.97. The maximum Gasteiger partial charge on any atom is 0.0974 e. The molecule has 0 aromatic rings. The van der Waals surface area contributed by atoms with Crippen LogP contribution in [0.5, 0.6) is 0 Å². The molecular formula is C19H32O2. The van der Waals surface area contributed by atoms with E-state index in [0.717, 1.165) is 17.8 Å². The van der Waals surface area contributed by atoms with Crippen LogP contribution in [-0.2, 0) is 9.47 Å². The normalized spacial score (nSPS) is 56.3. The molecule has 4 fully saturated rings. The molecule has 2 heterocycles. The van der Waals surface area contributed by atoms with Crippen LogP contribution in [0.1, 0.15) is 79.1 Å². The summed E-state index contributed by atoms with van der Waals surface area (Å²) in [5.41, 5.74) is 0.692. The Hall–Kier alpha value is -0.0800. The van der Waals surface area contributed by atoms with Crippen molar-refractivity contribution in [2.24, 2.45) is 17.8 Å². The van der Waals surface area contributed by atoms with Crippen LogP contribution in [0.2, 0.25) is 0 Å². The first-order valence-electron chi connectivity index (χ1n) is 9.35. The zero-order chi connectivity index (χ0) is 14.9. The van der Waals surface area contributed by atoms with Crippen LogP contribution < -0.4 is 0 Å². The van der Waals surface area contributed by atoms with E-state index in [1.54, 1.807) is 0 Å². The van der Waals surface area contributed by atoms with Gasteiger partial charge < -0.3 is 9.47 Å². The molecule has 4 aliphatic rings. The van der Waals surface area contributed by atoms with Crippen LogP contribution in [-0.4, -0.2) is 22.9 Å². The minimum atomic E-state index is 0.195. The molecule has 2 aliphatic heterocycles. The molecule has 2 saturated heterocycles. The summed E-state index contributed by atoms with van der Waals surface area (Å²) >= 11 is 0. The molecule has 0 radical (unpaired) electrons. The molecule has 7 atom stereocenters. The van der Waals surface area contributed by atoms with Gasteiger partial charge in [-0.3, -0.25) is 0 Å². The molecule has 2 heteroatoms. The SMILES string of the molecule is CCC(C1CCC2(CC)OC2(C)C1)C1CCCC2(C)OC12. The first-order valence-corrected chi connectivity index (χ1v) is 9.35. The molecule has 21 heavy (non-hydrogen) atoms. The van der Waals surface area contributed by atoms with E-state index >= 15 is 0 Å². The predicted molar refractivity (Wildman–Crippen MR) is 84.3 cm³/mol. The van der Waals surface area contributed by atoms with Crippen molar-refractivity contribution in [3.63, 3.8) is 0 Å². The van der Waals surface area contributed by atoms with Crippen molar-refractivity contribution in [3.8, 4) is 0 Å². The Morgan fingerprint density at radius 3 is 2.62 bits per heavy atom. The van der Waals surface area contributed by atoms with Gasteiger partial charge >= 0.3 is 0 Å². The van der Waals surface area contributed by atoms with E-state index in [9.17, 15) is 0 Å². The van der Waals surface area contributed by atoms with Gasteiger partial charge in [0.05, 0.1) is 22.9 Å². The lowest BCUT2D eigenvalue weighted by Gasteiger charge is -2.39. The summed E-state index contributed by atoms with van der Waals surface area (Å²) in [6.45, 7) is 9.41. The van der Waals surface area contributed by atoms with E-state index in [2.05, 4.69) is 27.7 Å². The molecular weight excluding hydrogens is 260 g/mol. The van der Waals surface area contributed by atoms with Gasteiger partial charge in [0.15, 0.2) is 0 Å². The number of rotatable bonds is 4. The number of fused-ring (bicyclic) bond motifs is 2. The smallest absolute Gasteiger partial charge is 0.0974 e. The van der Waals surface area contributed by atoms with Crippen molar-refractivity contribution >= 4 is 0 Å². The first-order chi connectivity index (χ1) is 9.97. The van der Waals surface area contributed by atoms with Crippen LogP contribution in [0.15, 0.2) is 0 Å². The minimum absolute atomic E-state index is 0.195. The highest BCUT2D eigenvalue weighted by atomic mass is 16.6. The van der Waals surface area contributed by atoms with Gasteiger partial charge in [0.2, 0.25) is 0 Å². The lowest BCUT2D eigenvalue weighted by Crippen LogP contribution is -2.39. The molecule has 2 saturated carbocycles. The third-order valence-corrected chi connectivity index (χ3v) is 7.65. The Labute approximate surface area is 130 Å². The first kappa shape index (κ1) is 14.5. The van der Waals surface area contributed by atoms with Gasteiger partial charge in [-0.15, -0.1) is 0 Å². The van der Waals surface area contributed by atoms with Gasteiger partial charge in [0.25, 0.3) is 0 Å². The second-order valence-corrected chi connectivity index (χ2v) is 8.66. The van der Waals surface area contributed by atoms with Gasteiger partial charge in [-0.25, -0.2) is 0 Å². The van der Waals surface area contributed by atoms with Crippen molar-refractivity contribution in [1.82, 2.24) is 0 Å². The van der Waals surface area contributed by atoms with Crippen LogP contribution >= 0.6 is 0 Å². The van der Waals surface area contributed by atoms with E-state index in [-0.39, 0.29) is 16.8 Å². The summed E-state index contributed by atoms with van der Waals surface area (Å²) in [5, 5.41) is 0. The highest BCUT2D eigenvalue weighted by Gasteiger charge is 2.68. The Kier molecular flexibility index (Phi) is 3.09. The van der Waals surface area contributed by atoms with Crippen LogP contribution in [0.4, 0.5) is 0 Å². The molecule has 2 nitrogen and oxygen atoms in total. The maximum atomic E-state index is 6.24. The molecule has 4 rings (SSSR count). The van der Waals surface area contributed by atoms with Crippen molar-refractivity contribution in [2.45, 2.75) is 102 Å². The molecule has 7 unspecified atom stereocenters. The topological polar surface area (TPSA) is 25.1 Å². The van der Waals surface area contributed by atoms with Crippen LogP contribution in [0.3, 0.4) is 0 Å². The van der Waals surface area contributed by atoms with E-state index in [0.29, 0.717) is 6.10 Å². The molecule has 0 amide bonds. The van der Waals surface area contributed by atoms with Crippen LogP contribution in [0, 0.1) is 17.8 Å². The summed E-state index contributed by atoms with van der Waals surface area (Å²) < 4.78 is 12.4. The lowest BCUT2D eigenvalue weighted by atomic mass is 9.63. The Morgan fingerprint density at radius 2 is 1.95 bits per heavy atom. The van der Waals surface area contributed by atoms with Gasteiger partial charge in [-0.05, 0) is 70.1 Å². The van der Waals surface area contributed by atoms with Crippen molar-refractivity contribution in [2.75, 3.05) is 0 Å². The highest BCUT2D eigenvalue weighted by molar-refractivity contribution is 5.17. The zero-order valence-electron chi connectivity index (χ0n) is 14.3. The summed E-state index contributed by atoms with van der Waals surface area (Å²) in [6, 6.07) is 0. The molecule has 0 aromatic heterocycles. The predicted octanol–water partition coefficient (Wildman–Crippen LogP) is 4.71. The molecule has 2 aliphatic carbocycles. The van der Waals surface area contributed by atoms with E-state index in [4.69, 9.17) is 9.47 Å². The summed E-state index contributed by atoms with van der Waals surface area (Å²) in [4.78, 5) is 0. The average Bonchev–Trinajstić information content (AvgIpc) is 3.31. The minimum Gasteiger partial charge on any atom is -0.366 e. The molecule has 0 bridgehead atoms. The van der Waals surface area contributed by atoms with Crippen molar-refractivity contribution in [1.29, 1.82) is 0 Å². The largest absolute Gasteiger partial charge is 0.366 e. The van der Waals surface area contributed by atoms with Crippen molar-refractivity contribution < 1.29 is 9.47 Å². The van der Waals surface area contributed by atoms with Gasteiger partial charge in [-0.1, -0.05) is 26.7 Å². The van der Waals surface area contributed by atoms with E-state index in [1.165, 1.54) is 51.4 Å². The Morgan fingerprint density at radius 1 is 1.14 bits per heavy atom. The van der Waals surface area contributed by atoms with E-state index < -0.39 is 0 Å². The maximum absolute atomic E-state index is 6.24. The van der Waals surface area contributed by atoms with Crippen LogP contribution in [0.25, 0.3) is 0 Å². The standard InChI is InChI=1S/C19H32O2/c1-5-14(15-8-7-10-17(3)16(15)20-17)13-9-11-19(6-2)18(4,12-13)21-19/h13-16H,5-12H2,1-4H3. The number of ether oxygens (including phenoxy) is 2. The number of hydrogen-bond donors (Lipinski definition) is 0. The fraction of sp³-hybridized carbons (Fsp3) is 1.00. The van der Waals surface area contributed by atoms with E-state index in [1.807, 2.05) is 0 Å². The zero-order valence-corrected chi connectivity index (χ0v) is 14.3. The average molecular weight is 292 g/mol. The molecule has 0 aromatic carbocycles. The quantitative estimate of drug-likeness (QED) is 0.701. The van der Waals surface area contributed by atoms with Gasteiger partial charge in [0.1, 0.15) is 0 Å². The highest BCUT2D eigenvalue weighted by Crippen LogP contribution is 2.63. The lowest BCUT2D eigenvalue weighted by molar-refractivity contribution is 0.120.